The molecule has 0 heterocycles. The summed E-state index contributed by atoms with van der Waals surface area (Å²) in [5.41, 5.74) is 1.16. The fourth-order valence-electron chi connectivity index (χ4n) is 1.58. The Morgan fingerprint density at radius 1 is 1.33 bits per heavy atom. The minimum Gasteiger partial charge on any atom is -0.286 e. The van der Waals surface area contributed by atoms with Crippen molar-refractivity contribution in [1.29, 1.82) is 5.26 Å². The lowest BCUT2D eigenvalue weighted by Gasteiger charge is -2.07. The second kappa shape index (κ2) is 7.48. The molecule has 0 aliphatic heterocycles. The monoisotopic (exact) mass is 285 g/mol. The molecule has 1 unspecified atom stereocenters. The van der Waals surface area contributed by atoms with Crippen LogP contribution < -0.4 is 5.30 Å². The first-order valence-electron chi connectivity index (χ1n) is 5.67. The molecular formula is C12H16NO3PS. The molecule has 4 nitrogen and oxygen atoms in total. The summed E-state index contributed by atoms with van der Waals surface area (Å²) in [6.07, 6.45) is 2.43. The van der Waals surface area contributed by atoms with Gasteiger partial charge in [0, 0.05) is 6.42 Å². The Morgan fingerprint density at radius 2 is 2.06 bits per heavy atom. The lowest BCUT2D eigenvalue weighted by atomic mass is 10.1. The van der Waals surface area contributed by atoms with Crippen LogP contribution in [-0.4, -0.2) is 24.9 Å². The van der Waals surface area contributed by atoms with Gasteiger partial charge in [0.1, 0.15) is 0 Å². The van der Waals surface area contributed by atoms with Crippen molar-refractivity contribution < 1.29 is 13.0 Å². The van der Waals surface area contributed by atoms with Crippen molar-refractivity contribution in [2.45, 2.75) is 19.3 Å². The molecule has 1 atom stereocenters. The van der Waals surface area contributed by atoms with Crippen molar-refractivity contribution in [3.63, 3.8) is 0 Å². The molecule has 18 heavy (non-hydrogen) atoms. The van der Waals surface area contributed by atoms with E-state index in [-0.39, 0.29) is 5.75 Å². The van der Waals surface area contributed by atoms with Crippen LogP contribution in [0.4, 0.5) is 0 Å². The second-order valence-corrected chi connectivity index (χ2v) is 6.85. The summed E-state index contributed by atoms with van der Waals surface area (Å²) in [6, 6.07) is 10.0. The first-order chi connectivity index (χ1) is 8.53. The first kappa shape index (κ1) is 15.1. The number of benzene rings is 1. The lowest BCUT2D eigenvalue weighted by Crippen LogP contribution is -2.07. The average Bonchev–Trinajstić information content (AvgIpc) is 2.32. The molecule has 98 valence electrons. The Balaban J connectivity index is 2.49. The number of hydrogen-bond donors (Lipinski definition) is 1. The van der Waals surface area contributed by atoms with Gasteiger partial charge in [-0.25, -0.2) is 0 Å². The molecule has 1 aromatic carbocycles. The van der Waals surface area contributed by atoms with E-state index in [2.05, 4.69) is 6.07 Å². The van der Waals surface area contributed by atoms with Crippen LogP contribution >= 0.6 is 8.58 Å². The number of nitrogens with zero attached hydrogens (tertiary/aromatic N) is 1. The van der Waals surface area contributed by atoms with E-state index in [0.29, 0.717) is 21.4 Å². The SMILES string of the molecule is N#CCCc1ccccc1PCCCS(=O)(=O)O. The summed E-state index contributed by atoms with van der Waals surface area (Å²) < 4.78 is 29.8. The number of aryl methyl sites for hydroxylation is 1. The molecule has 0 aliphatic carbocycles. The van der Waals surface area contributed by atoms with Gasteiger partial charge in [0.25, 0.3) is 10.1 Å². The molecule has 0 saturated heterocycles. The van der Waals surface area contributed by atoms with Gasteiger partial charge in [-0.3, -0.25) is 4.55 Å². The van der Waals surface area contributed by atoms with Crippen LogP contribution in [0.5, 0.6) is 0 Å². The Kier molecular flexibility index (Phi) is 6.28. The van der Waals surface area contributed by atoms with E-state index in [1.54, 1.807) is 0 Å². The standard InChI is InChI=1S/C12H16NO3PS/c13-8-3-6-11-5-1-2-7-12(11)17-9-4-10-18(14,15)16/h1-2,5,7,17H,3-4,6,9-10H2,(H,14,15,16). The minimum atomic E-state index is -3.84. The molecule has 0 saturated carbocycles. The Hall–Kier alpha value is -0.950. The summed E-state index contributed by atoms with van der Waals surface area (Å²) in [5.74, 6) is -0.180. The molecule has 0 spiro atoms. The predicted octanol–water partition coefficient (Wildman–Crippen LogP) is 1.72. The van der Waals surface area contributed by atoms with Crippen LogP contribution in [0.15, 0.2) is 24.3 Å². The third kappa shape index (κ3) is 6.11. The van der Waals surface area contributed by atoms with Gasteiger partial charge in [0.15, 0.2) is 0 Å². The molecule has 0 bridgehead atoms. The van der Waals surface area contributed by atoms with Crippen molar-refractivity contribution in [2.24, 2.45) is 0 Å². The van der Waals surface area contributed by atoms with Gasteiger partial charge in [0.2, 0.25) is 0 Å². The Morgan fingerprint density at radius 3 is 2.72 bits per heavy atom. The maximum atomic E-state index is 10.6. The molecule has 0 radical (unpaired) electrons. The van der Waals surface area contributed by atoms with Crippen LogP contribution in [0.1, 0.15) is 18.4 Å². The van der Waals surface area contributed by atoms with Crippen molar-refractivity contribution in [3.05, 3.63) is 29.8 Å². The molecule has 6 heteroatoms. The van der Waals surface area contributed by atoms with E-state index >= 15 is 0 Å². The van der Waals surface area contributed by atoms with E-state index < -0.39 is 10.1 Å². The van der Waals surface area contributed by atoms with Crippen LogP contribution in [0.2, 0.25) is 0 Å². The van der Waals surface area contributed by atoms with E-state index in [9.17, 15) is 8.42 Å². The van der Waals surface area contributed by atoms with E-state index in [4.69, 9.17) is 9.81 Å². The third-order valence-electron chi connectivity index (χ3n) is 2.42. The Bertz CT molecular complexity index is 522. The normalized spacial score (nSPS) is 11.8. The molecule has 0 aliphatic rings. The van der Waals surface area contributed by atoms with Crippen LogP contribution in [0.3, 0.4) is 0 Å². The van der Waals surface area contributed by atoms with Crippen molar-refractivity contribution in [1.82, 2.24) is 0 Å². The zero-order valence-corrected chi connectivity index (χ0v) is 11.8. The van der Waals surface area contributed by atoms with E-state index in [1.165, 1.54) is 5.30 Å². The molecule has 1 aromatic rings. The topological polar surface area (TPSA) is 78.2 Å². The molecule has 0 fully saturated rings. The van der Waals surface area contributed by atoms with Crippen molar-refractivity contribution in [3.8, 4) is 6.07 Å². The summed E-state index contributed by atoms with van der Waals surface area (Å²) >= 11 is 0. The first-order valence-corrected chi connectivity index (χ1v) is 8.48. The van der Waals surface area contributed by atoms with E-state index in [1.807, 2.05) is 24.3 Å². The highest BCUT2D eigenvalue weighted by atomic mass is 32.2. The second-order valence-electron chi connectivity index (χ2n) is 3.88. The van der Waals surface area contributed by atoms with Gasteiger partial charge in [-0.15, -0.1) is 0 Å². The lowest BCUT2D eigenvalue weighted by molar-refractivity contribution is 0.482. The summed E-state index contributed by atoms with van der Waals surface area (Å²) in [6.45, 7) is 0. The predicted molar refractivity (Wildman–Crippen MR) is 74.2 cm³/mol. The fraction of sp³-hybridized carbons (Fsp3) is 0.417. The van der Waals surface area contributed by atoms with Crippen LogP contribution in [0, 0.1) is 11.3 Å². The Labute approximate surface area is 110 Å². The molecule has 0 aromatic heterocycles. The minimum absolute atomic E-state index is 0.180. The summed E-state index contributed by atoms with van der Waals surface area (Å²) in [4.78, 5) is 0. The maximum Gasteiger partial charge on any atom is 0.264 e. The number of rotatable bonds is 7. The van der Waals surface area contributed by atoms with E-state index in [0.717, 1.165) is 18.1 Å². The molecule has 1 N–H and O–H groups in total. The van der Waals surface area contributed by atoms with Gasteiger partial charge in [-0.2, -0.15) is 13.7 Å². The smallest absolute Gasteiger partial charge is 0.264 e. The van der Waals surface area contributed by atoms with Crippen LogP contribution in [-0.2, 0) is 16.5 Å². The zero-order chi connectivity index (χ0) is 13.4. The quantitative estimate of drug-likeness (QED) is 0.470. The van der Waals surface area contributed by atoms with Gasteiger partial charge in [0.05, 0.1) is 11.8 Å². The molecule has 1 rings (SSSR count). The van der Waals surface area contributed by atoms with Crippen LogP contribution in [0.25, 0.3) is 0 Å². The maximum absolute atomic E-state index is 10.6. The summed E-state index contributed by atoms with van der Waals surface area (Å²) in [5, 5.41) is 9.76. The summed E-state index contributed by atoms with van der Waals surface area (Å²) in [7, 11) is -3.33. The van der Waals surface area contributed by atoms with Gasteiger partial charge < -0.3 is 0 Å². The zero-order valence-electron chi connectivity index (χ0n) is 9.96. The highest BCUT2D eigenvalue weighted by Gasteiger charge is 2.05. The molecule has 0 amide bonds. The van der Waals surface area contributed by atoms with Gasteiger partial charge in [-0.1, -0.05) is 32.8 Å². The highest BCUT2D eigenvalue weighted by Crippen LogP contribution is 2.16. The number of nitriles is 1. The van der Waals surface area contributed by atoms with Gasteiger partial charge in [-0.05, 0) is 29.9 Å². The third-order valence-corrected chi connectivity index (χ3v) is 4.69. The van der Waals surface area contributed by atoms with Crippen molar-refractivity contribution >= 4 is 24.0 Å². The van der Waals surface area contributed by atoms with Crippen molar-refractivity contribution in [2.75, 3.05) is 11.9 Å². The average molecular weight is 285 g/mol. The highest BCUT2D eigenvalue weighted by molar-refractivity contribution is 7.85. The largest absolute Gasteiger partial charge is 0.286 e. The molecular weight excluding hydrogens is 269 g/mol. The fourth-order valence-corrected chi connectivity index (χ4v) is 3.62. The number of hydrogen-bond acceptors (Lipinski definition) is 3. The van der Waals surface area contributed by atoms with Gasteiger partial charge >= 0.3 is 0 Å².